The van der Waals surface area contributed by atoms with Gasteiger partial charge in [0.25, 0.3) is 5.56 Å². The summed E-state index contributed by atoms with van der Waals surface area (Å²) in [5, 5.41) is 12.2. The lowest BCUT2D eigenvalue weighted by atomic mass is 10.2. The molecule has 12 heteroatoms. The summed E-state index contributed by atoms with van der Waals surface area (Å²) in [5.74, 6) is 0.374. The van der Waals surface area contributed by atoms with Crippen LogP contribution in [-0.2, 0) is 11.3 Å². The van der Waals surface area contributed by atoms with E-state index in [1.54, 1.807) is 24.4 Å². The van der Waals surface area contributed by atoms with Crippen molar-refractivity contribution in [3.63, 3.8) is 0 Å². The molecule has 3 aromatic heterocycles. The molecule has 9 nitrogen and oxygen atoms in total. The summed E-state index contributed by atoms with van der Waals surface area (Å²) in [7, 11) is 1.49. The van der Waals surface area contributed by atoms with Gasteiger partial charge in [-0.1, -0.05) is 0 Å². The first-order valence-corrected chi connectivity index (χ1v) is 9.65. The second-order valence-corrected chi connectivity index (χ2v) is 6.96. The van der Waals surface area contributed by atoms with Crippen LogP contribution >= 0.6 is 0 Å². The molecule has 2 N–H and O–H groups in total. The number of hydrogen-bond acceptors (Lipinski definition) is 8. The monoisotopic (exact) mass is 453 g/mol. The molecule has 0 aliphatic rings. The van der Waals surface area contributed by atoms with E-state index in [0.717, 1.165) is 0 Å². The minimum Gasteiger partial charge on any atom is -0.481 e. The SMILES string of the molecule is COc1ccc(-c2cc3c(cn2)nc(NC[C@@H](C)O)c(=O)n3CCOCC(F)(F)F)cn1. The van der Waals surface area contributed by atoms with Crippen molar-refractivity contribution in [2.24, 2.45) is 0 Å². The zero-order chi connectivity index (χ0) is 23.3. The Morgan fingerprint density at radius 3 is 2.66 bits per heavy atom. The summed E-state index contributed by atoms with van der Waals surface area (Å²) in [6.45, 7) is -0.282. The van der Waals surface area contributed by atoms with Crippen molar-refractivity contribution >= 4 is 16.9 Å². The molecule has 3 rings (SSSR count). The number of nitrogens with zero attached hydrogens (tertiary/aromatic N) is 4. The molecule has 0 aliphatic carbocycles. The summed E-state index contributed by atoms with van der Waals surface area (Å²) >= 11 is 0. The number of aliphatic hydroxyl groups is 1. The largest absolute Gasteiger partial charge is 0.481 e. The lowest BCUT2D eigenvalue weighted by Crippen LogP contribution is -2.30. The first kappa shape index (κ1) is 23.4. The Hall–Kier alpha value is -3.25. The van der Waals surface area contributed by atoms with Crippen molar-refractivity contribution < 1.29 is 27.8 Å². The summed E-state index contributed by atoms with van der Waals surface area (Å²) in [5.41, 5.74) is 1.30. The van der Waals surface area contributed by atoms with Gasteiger partial charge >= 0.3 is 6.18 Å². The highest BCUT2D eigenvalue weighted by molar-refractivity contribution is 5.80. The van der Waals surface area contributed by atoms with Crippen molar-refractivity contribution in [1.29, 1.82) is 0 Å². The Bertz CT molecular complexity index is 1120. The van der Waals surface area contributed by atoms with Crippen molar-refractivity contribution in [3.8, 4) is 17.1 Å². The van der Waals surface area contributed by atoms with Gasteiger partial charge in [0.1, 0.15) is 12.1 Å². The first-order valence-electron chi connectivity index (χ1n) is 9.65. The highest BCUT2D eigenvalue weighted by Crippen LogP contribution is 2.22. The van der Waals surface area contributed by atoms with Crippen LogP contribution in [0, 0.1) is 0 Å². The Morgan fingerprint density at radius 1 is 1.25 bits per heavy atom. The van der Waals surface area contributed by atoms with E-state index in [1.165, 1.54) is 24.8 Å². The number of alkyl halides is 3. The zero-order valence-corrected chi connectivity index (χ0v) is 17.4. The number of aromatic nitrogens is 4. The molecule has 172 valence electrons. The molecule has 0 saturated carbocycles. The van der Waals surface area contributed by atoms with E-state index in [1.807, 2.05) is 0 Å². The average Bonchev–Trinajstić information content (AvgIpc) is 2.75. The Balaban J connectivity index is 2.00. The van der Waals surface area contributed by atoms with Crippen LogP contribution in [0.2, 0.25) is 0 Å². The average molecular weight is 453 g/mol. The van der Waals surface area contributed by atoms with Gasteiger partial charge in [0.2, 0.25) is 5.88 Å². The molecule has 0 aromatic carbocycles. The number of anilines is 1. The molecular weight excluding hydrogens is 431 g/mol. The topological polar surface area (TPSA) is 111 Å². The fourth-order valence-electron chi connectivity index (χ4n) is 2.88. The summed E-state index contributed by atoms with van der Waals surface area (Å²) in [6.07, 6.45) is -2.20. The number of rotatable bonds is 9. The number of pyridine rings is 2. The van der Waals surface area contributed by atoms with Gasteiger partial charge in [-0.15, -0.1) is 0 Å². The molecule has 0 unspecified atom stereocenters. The van der Waals surface area contributed by atoms with E-state index >= 15 is 0 Å². The Labute approximate surface area is 180 Å². The van der Waals surface area contributed by atoms with Gasteiger partial charge in [-0.2, -0.15) is 13.2 Å². The third kappa shape index (κ3) is 5.92. The summed E-state index contributed by atoms with van der Waals surface area (Å²) in [4.78, 5) is 25.7. The third-order valence-corrected chi connectivity index (χ3v) is 4.36. The fraction of sp³-hybridized carbons (Fsp3) is 0.400. The van der Waals surface area contributed by atoms with E-state index in [4.69, 9.17) is 4.74 Å². The minimum atomic E-state index is -4.46. The second-order valence-electron chi connectivity index (χ2n) is 6.96. The van der Waals surface area contributed by atoms with Gasteiger partial charge in [-0.05, 0) is 19.1 Å². The molecule has 0 radical (unpaired) electrons. The van der Waals surface area contributed by atoms with Gasteiger partial charge < -0.3 is 24.5 Å². The van der Waals surface area contributed by atoms with Crippen LogP contribution in [0.3, 0.4) is 0 Å². The molecule has 3 aromatic rings. The molecule has 0 amide bonds. The van der Waals surface area contributed by atoms with Crippen LogP contribution in [0.5, 0.6) is 5.88 Å². The van der Waals surface area contributed by atoms with Gasteiger partial charge in [0.05, 0.1) is 37.2 Å². The van der Waals surface area contributed by atoms with E-state index in [9.17, 15) is 23.1 Å². The van der Waals surface area contributed by atoms with Crippen LogP contribution in [0.25, 0.3) is 22.3 Å². The predicted octanol–water partition coefficient (Wildman–Crippen LogP) is 2.23. The smallest absolute Gasteiger partial charge is 0.411 e. The van der Waals surface area contributed by atoms with E-state index in [2.05, 4.69) is 25.0 Å². The quantitative estimate of drug-likeness (QED) is 0.475. The fourth-order valence-corrected chi connectivity index (χ4v) is 2.88. The second kappa shape index (κ2) is 9.92. The standard InChI is InChI=1S/C20H22F3N5O4/c1-12(29)8-26-18-19(30)28(5-6-32-11-20(21,22)23)16-7-14(24-10-15(16)27-18)13-3-4-17(31-2)25-9-13/h3-4,7,9-10,12,29H,5-6,8,11H2,1-2H3,(H,26,27)/t12-/m1/s1. The lowest BCUT2D eigenvalue weighted by Gasteiger charge is -2.15. The molecule has 0 bridgehead atoms. The number of halogens is 3. The van der Waals surface area contributed by atoms with Crippen molar-refractivity contribution in [2.45, 2.75) is 25.7 Å². The number of hydrogen-bond donors (Lipinski definition) is 2. The van der Waals surface area contributed by atoms with Crippen LogP contribution < -0.4 is 15.6 Å². The predicted molar refractivity (Wildman–Crippen MR) is 111 cm³/mol. The first-order chi connectivity index (χ1) is 15.2. The zero-order valence-electron chi connectivity index (χ0n) is 17.4. The van der Waals surface area contributed by atoms with Crippen LogP contribution in [0.15, 0.2) is 35.4 Å². The van der Waals surface area contributed by atoms with E-state index < -0.39 is 24.4 Å². The van der Waals surface area contributed by atoms with Gasteiger partial charge in [-0.3, -0.25) is 9.78 Å². The van der Waals surface area contributed by atoms with Crippen molar-refractivity contribution in [1.82, 2.24) is 19.5 Å². The number of methoxy groups -OCH3 is 1. The van der Waals surface area contributed by atoms with Crippen LogP contribution in [0.4, 0.5) is 19.0 Å². The van der Waals surface area contributed by atoms with Crippen molar-refractivity contribution in [2.75, 3.05) is 32.2 Å². The van der Waals surface area contributed by atoms with E-state index in [-0.39, 0.29) is 25.5 Å². The summed E-state index contributed by atoms with van der Waals surface area (Å²) < 4.78 is 48.1. The molecule has 3 heterocycles. The Morgan fingerprint density at radius 2 is 2.03 bits per heavy atom. The highest BCUT2D eigenvalue weighted by atomic mass is 19.4. The molecule has 1 atom stereocenters. The maximum atomic E-state index is 12.9. The molecule has 0 aliphatic heterocycles. The van der Waals surface area contributed by atoms with Gasteiger partial charge in [0.15, 0.2) is 5.82 Å². The number of ether oxygens (including phenoxy) is 2. The van der Waals surface area contributed by atoms with Crippen LogP contribution in [-0.4, -0.2) is 63.8 Å². The maximum Gasteiger partial charge on any atom is 0.411 e. The number of fused-ring (bicyclic) bond motifs is 1. The van der Waals surface area contributed by atoms with Gasteiger partial charge in [0, 0.05) is 30.9 Å². The molecule has 0 saturated heterocycles. The number of aliphatic hydroxyl groups excluding tert-OH is 1. The lowest BCUT2D eigenvalue weighted by molar-refractivity contribution is -0.174. The van der Waals surface area contributed by atoms with Crippen molar-refractivity contribution in [3.05, 3.63) is 40.9 Å². The molecule has 32 heavy (non-hydrogen) atoms. The molecule has 0 spiro atoms. The normalized spacial score (nSPS) is 12.7. The highest BCUT2D eigenvalue weighted by Gasteiger charge is 2.27. The molecule has 0 fully saturated rings. The maximum absolute atomic E-state index is 12.9. The summed E-state index contributed by atoms with van der Waals surface area (Å²) in [6, 6.07) is 5.00. The van der Waals surface area contributed by atoms with E-state index in [0.29, 0.717) is 28.2 Å². The number of nitrogens with one attached hydrogen (secondary N) is 1. The Kier molecular flexibility index (Phi) is 7.26. The van der Waals surface area contributed by atoms with Gasteiger partial charge in [-0.25, -0.2) is 9.97 Å². The van der Waals surface area contributed by atoms with Crippen LogP contribution in [0.1, 0.15) is 6.92 Å². The molecular formula is C20H22F3N5O4. The third-order valence-electron chi connectivity index (χ3n) is 4.36. The minimum absolute atomic E-state index is 0.0464.